The second-order valence-corrected chi connectivity index (χ2v) is 5.32. The van der Waals surface area contributed by atoms with Crippen LogP contribution in [-0.4, -0.2) is 40.4 Å². The van der Waals surface area contributed by atoms with Crippen LogP contribution in [-0.2, 0) is 0 Å². The molecule has 1 saturated heterocycles. The Morgan fingerprint density at radius 3 is 2.75 bits per heavy atom. The van der Waals surface area contributed by atoms with Gasteiger partial charge in [0.05, 0.1) is 0 Å². The van der Waals surface area contributed by atoms with Gasteiger partial charge in [0.15, 0.2) is 0 Å². The van der Waals surface area contributed by atoms with E-state index < -0.39 is 0 Å². The lowest BCUT2D eigenvalue weighted by atomic mass is 10.2. The zero-order valence-electron chi connectivity index (χ0n) is 12.5. The molecule has 0 bridgehead atoms. The van der Waals surface area contributed by atoms with E-state index in [1.165, 1.54) is 12.8 Å². The van der Waals surface area contributed by atoms with Gasteiger partial charge in [-0.1, -0.05) is 19.8 Å². The molecule has 1 aromatic rings. The van der Waals surface area contributed by atoms with Gasteiger partial charge < -0.3 is 10.2 Å². The Balaban J connectivity index is 2.01. The maximum Gasteiger partial charge on any atom is 0.272 e. The highest BCUT2D eigenvalue weighted by atomic mass is 16.2. The number of likely N-dealkylation sites (tertiary alicyclic amines) is 1. The van der Waals surface area contributed by atoms with Crippen LogP contribution in [0, 0.1) is 6.92 Å². The molecule has 0 aromatic carbocycles. The van der Waals surface area contributed by atoms with E-state index in [1.54, 1.807) is 6.07 Å². The molecule has 5 heteroatoms. The zero-order valence-corrected chi connectivity index (χ0v) is 12.5. The fraction of sp³-hybridized carbons (Fsp3) is 0.667. The average Bonchev–Trinajstić information content (AvgIpc) is 2.96. The molecule has 110 valence electrons. The van der Waals surface area contributed by atoms with Crippen LogP contribution in [0.3, 0.4) is 0 Å². The third-order valence-electron chi connectivity index (χ3n) is 3.54. The van der Waals surface area contributed by atoms with E-state index in [2.05, 4.69) is 22.2 Å². The molecule has 2 rings (SSSR count). The number of amides is 1. The van der Waals surface area contributed by atoms with E-state index in [1.807, 2.05) is 11.8 Å². The molecule has 1 aromatic heterocycles. The van der Waals surface area contributed by atoms with Gasteiger partial charge in [-0.3, -0.25) is 4.79 Å². The van der Waals surface area contributed by atoms with Crippen LogP contribution in [0.5, 0.6) is 0 Å². The number of nitrogens with one attached hydrogen (secondary N) is 1. The minimum absolute atomic E-state index is 0.0320. The average molecular weight is 276 g/mol. The number of aryl methyl sites for hydroxylation is 1. The molecule has 1 N–H and O–H groups in total. The number of carbonyl (C=O) groups excluding carboxylic acids is 1. The Kier molecular flexibility index (Phi) is 5.32. The minimum Gasteiger partial charge on any atom is -0.370 e. The summed E-state index contributed by atoms with van der Waals surface area (Å²) in [6.45, 7) is 6.60. The highest BCUT2D eigenvalue weighted by Gasteiger charge is 2.21. The SMILES string of the molecule is CCCCCNc1cc(C(=O)N2CCCC2)nc(C)n1. The first-order chi connectivity index (χ1) is 9.70. The number of anilines is 1. The van der Waals surface area contributed by atoms with Gasteiger partial charge in [0.2, 0.25) is 0 Å². The van der Waals surface area contributed by atoms with Crippen LogP contribution >= 0.6 is 0 Å². The molecular weight excluding hydrogens is 252 g/mol. The second kappa shape index (κ2) is 7.22. The molecule has 0 saturated carbocycles. The highest BCUT2D eigenvalue weighted by molar-refractivity contribution is 5.93. The van der Waals surface area contributed by atoms with E-state index in [-0.39, 0.29) is 5.91 Å². The number of carbonyl (C=O) groups is 1. The number of aromatic nitrogens is 2. The van der Waals surface area contributed by atoms with E-state index in [9.17, 15) is 4.79 Å². The van der Waals surface area contributed by atoms with Gasteiger partial charge in [-0.05, 0) is 26.2 Å². The van der Waals surface area contributed by atoms with Crippen LogP contribution in [0.4, 0.5) is 5.82 Å². The number of hydrogen-bond acceptors (Lipinski definition) is 4. The molecule has 1 aliphatic heterocycles. The largest absolute Gasteiger partial charge is 0.370 e. The van der Waals surface area contributed by atoms with Gasteiger partial charge in [0.1, 0.15) is 17.3 Å². The first kappa shape index (κ1) is 14.8. The van der Waals surface area contributed by atoms with Crippen LogP contribution in [0.2, 0.25) is 0 Å². The van der Waals surface area contributed by atoms with E-state index in [0.29, 0.717) is 11.5 Å². The zero-order chi connectivity index (χ0) is 14.4. The Bertz CT molecular complexity index is 455. The summed E-state index contributed by atoms with van der Waals surface area (Å²) in [6, 6.07) is 1.78. The van der Waals surface area contributed by atoms with E-state index >= 15 is 0 Å². The lowest BCUT2D eigenvalue weighted by Crippen LogP contribution is -2.28. The predicted octanol–water partition coefficient (Wildman–Crippen LogP) is 2.62. The molecule has 20 heavy (non-hydrogen) atoms. The van der Waals surface area contributed by atoms with E-state index in [0.717, 1.165) is 44.7 Å². The second-order valence-electron chi connectivity index (χ2n) is 5.32. The topological polar surface area (TPSA) is 58.1 Å². The summed E-state index contributed by atoms with van der Waals surface area (Å²) in [5.74, 6) is 1.44. The van der Waals surface area contributed by atoms with Crippen molar-refractivity contribution in [2.24, 2.45) is 0 Å². The summed E-state index contributed by atoms with van der Waals surface area (Å²) >= 11 is 0. The van der Waals surface area contributed by atoms with Crippen molar-refractivity contribution in [1.82, 2.24) is 14.9 Å². The Morgan fingerprint density at radius 2 is 2.05 bits per heavy atom. The molecular formula is C15H24N4O. The molecule has 0 spiro atoms. The van der Waals surface area contributed by atoms with Crippen molar-refractivity contribution < 1.29 is 4.79 Å². The molecule has 1 aliphatic rings. The normalized spacial score (nSPS) is 14.6. The molecule has 5 nitrogen and oxygen atoms in total. The van der Waals surface area contributed by atoms with Gasteiger partial charge in [0, 0.05) is 25.7 Å². The number of hydrogen-bond donors (Lipinski definition) is 1. The van der Waals surface area contributed by atoms with Gasteiger partial charge >= 0.3 is 0 Å². The summed E-state index contributed by atoms with van der Waals surface area (Å²) in [7, 11) is 0. The van der Waals surface area contributed by atoms with Crippen molar-refractivity contribution >= 4 is 11.7 Å². The van der Waals surface area contributed by atoms with Gasteiger partial charge in [-0.2, -0.15) is 0 Å². The Hall–Kier alpha value is -1.65. The first-order valence-corrected chi connectivity index (χ1v) is 7.59. The first-order valence-electron chi connectivity index (χ1n) is 7.59. The van der Waals surface area contributed by atoms with Crippen LogP contribution in [0.15, 0.2) is 6.07 Å². The van der Waals surface area contributed by atoms with Crippen molar-refractivity contribution in [1.29, 1.82) is 0 Å². The van der Waals surface area contributed by atoms with E-state index in [4.69, 9.17) is 0 Å². The van der Waals surface area contributed by atoms with Crippen LogP contribution < -0.4 is 5.32 Å². The van der Waals surface area contributed by atoms with Crippen LogP contribution in [0.1, 0.15) is 55.3 Å². The molecule has 0 unspecified atom stereocenters. The summed E-state index contributed by atoms with van der Waals surface area (Å²) < 4.78 is 0. The Labute approximate surface area is 120 Å². The van der Waals surface area contributed by atoms with Crippen molar-refractivity contribution in [2.75, 3.05) is 25.0 Å². The minimum atomic E-state index is 0.0320. The summed E-state index contributed by atoms with van der Waals surface area (Å²) in [5, 5.41) is 3.28. The number of unbranched alkanes of at least 4 members (excludes halogenated alkanes) is 2. The van der Waals surface area contributed by atoms with Crippen molar-refractivity contribution in [3.63, 3.8) is 0 Å². The standard InChI is InChI=1S/C15H24N4O/c1-3-4-5-8-16-14-11-13(17-12(2)18-14)15(20)19-9-6-7-10-19/h11H,3-10H2,1-2H3,(H,16,17,18). The Morgan fingerprint density at radius 1 is 1.30 bits per heavy atom. The fourth-order valence-corrected chi connectivity index (χ4v) is 2.44. The molecule has 1 fully saturated rings. The molecule has 2 heterocycles. The third-order valence-corrected chi connectivity index (χ3v) is 3.54. The maximum atomic E-state index is 12.3. The monoisotopic (exact) mass is 276 g/mol. The van der Waals surface area contributed by atoms with Crippen LogP contribution in [0.25, 0.3) is 0 Å². The van der Waals surface area contributed by atoms with Crippen molar-refractivity contribution in [3.8, 4) is 0 Å². The lowest BCUT2D eigenvalue weighted by Gasteiger charge is -2.15. The third kappa shape index (κ3) is 3.92. The summed E-state index contributed by atoms with van der Waals surface area (Å²) in [4.78, 5) is 22.8. The molecule has 0 radical (unpaired) electrons. The van der Waals surface area contributed by atoms with Crippen molar-refractivity contribution in [3.05, 3.63) is 17.6 Å². The highest BCUT2D eigenvalue weighted by Crippen LogP contribution is 2.14. The smallest absolute Gasteiger partial charge is 0.272 e. The summed E-state index contributed by atoms with van der Waals surface area (Å²) in [6.07, 6.45) is 5.71. The van der Waals surface area contributed by atoms with Gasteiger partial charge in [-0.15, -0.1) is 0 Å². The summed E-state index contributed by atoms with van der Waals surface area (Å²) in [5.41, 5.74) is 0.511. The number of rotatable bonds is 6. The molecule has 0 atom stereocenters. The van der Waals surface area contributed by atoms with Crippen molar-refractivity contribution in [2.45, 2.75) is 46.0 Å². The maximum absolute atomic E-state index is 12.3. The fourth-order valence-electron chi connectivity index (χ4n) is 2.44. The lowest BCUT2D eigenvalue weighted by molar-refractivity contribution is 0.0786. The van der Waals surface area contributed by atoms with Gasteiger partial charge in [-0.25, -0.2) is 9.97 Å². The predicted molar refractivity (Wildman–Crippen MR) is 79.9 cm³/mol. The molecule has 1 amide bonds. The quantitative estimate of drug-likeness (QED) is 0.811. The number of nitrogens with zero attached hydrogens (tertiary/aromatic N) is 3. The van der Waals surface area contributed by atoms with Gasteiger partial charge in [0.25, 0.3) is 5.91 Å². The molecule has 0 aliphatic carbocycles.